The van der Waals surface area contributed by atoms with Crippen molar-refractivity contribution in [3.8, 4) is 5.75 Å². The number of hydrogen-bond acceptors (Lipinski definition) is 5. The van der Waals surface area contributed by atoms with Crippen molar-refractivity contribution in [3.05, 3.63) is 63.1 Å². The van der Waals surface area contributed by atoms with Crippen LogP contribution in [0.3, 0.4) is 0 Å². The van der Waals surface area contributed by atoms with E-state index in [0.717, 1.165) is 6.07 Å². The summed E-state index contributed by atoms with van der Waals surface area (Å²) < 4.78 is 33.5. The van der Waals surface area contributed by atoms with Crippen LogP contribution in [0.4, 0.5) is 8.78 Å². The van der Waals surface area contributed by atoms with E-state index in [1.165, 1.54) is 23.9 Å². The number of rotatable bonds is 5. The average Bonchev–Trinajstić information content (AvgIpc) is 2.71. The molecule has 0 spiro atoms. The minimum absolute atomic E-state index is 0.0281. The van der Waals surface area contributed by atoms with Gasteiger partial charge in [-0.1, -0.05) is 13.0 Å². The Hall–Kier alpha value is -3.07. The SMILES string of the molecule is CC[C@]1(C)C(=O)c2c(O)c(=O)c(C(=O)NCc3ccc(F)cc3F)cn2C[C@@H]1OC. The van der Waals surface area contributed by atoms with Crippen molar-refractivity contribution in [3.63, 3.8) is 0 Å². The van der Waals surface area contributed by atoms with Crippen LogP contribution in [0.1, 0.15) is 46.7 Å². The summed E-state index contributed by atoms with van der Waals surface area (Å²) in [4.78, 5) is 38.1. The van der Waals surface area contributed by atoms with Crippen LogP contribution in [0.15, 0.2) is 29.2 Å². The molecule has 2 heterocycles. The van der Waals surface area contributed by atoms with Gasteiger partial charge in [-0.3, -0.25) is 14.4 Å². The van der Waals surface area contributed by atoms with Gasteiger partial charge >= 0.3 is 0 Å². The van der Waals surface area contributed by atoms with Gasteiger partial charge in [-0.15, -0.1) is 0 Å². The molecule has 3 rings (SSSR count). The van der Waals surface area contributed by atoms with E-state index in [9.17, 15) is 28.3 Å². The highest BCUT2D eigenvalue weighted by Gasteiger charge is 2.47. The molecular weight excluding hydrogens is 398 g/mol. The van der Waals surface area contributed by atoms with Gasteiger partial charge in [0.15, 0.2) is 11.5 Å². The summed E-state index contributed by atoms with van der Waals surface area (Å²) in [6.07, 6.45) is 1.10. The number of Topliss-reactive ketones (excluding diaryl/α,β-unsaturated/α-hetero) is 1. The predicted octanol–water partition coefficient (Wildman–Crippen LogP) is 2.39. The lowest BCUT2D eigenvalue weighted by atomic mass is 9.73. The van der Waals surface area contributed by atoms with Gasteiger partial charge in [0.2, 0.25) is 5.43 Å². The van der Waals surface area contributed by atoms with Crippen molar-refractivity contribution < 1.29 is 28.2 Å². The van der Waals surface area contributed by atoms with Gasteiger partial charge in [-0.05, 0) is 19.4 Å². The minimum Gasteiger partial charge on any atom is -0.503 e. The van der Waals surface area contributed by atoms with E-state index in [-0.39, 0.29) is 24.3 Å². The van der Waals surface area contributed by atoms with Crippen molar-refractivity contribution in [1.82, 2.24) is 9.88 Å². The van der Waals surface area contributed by atoms with Gasteiger partial charge < -0.3 is 19.7 Å². The maximum Gasteiger partial charge on any atom is 0.257 e. The van der Waals surface area contributed by atoms with Crippen molar-refractivity contribution in [2.24, 2.45) is 5.41 Å². The third-order valence-electron chi connectivity index (χ3n) is 5.78. The molecule has 0 radical (unpaired) electrons. The number of fused-ring (bicyclic) bond motifs is 1. The van der Waals surface area contributed by atoms with E-state index in [0.29, 0.717) is 12.5 Å². The van der Waals surface area contributed by atoms with Gasteiger partial charge in [0.25, 0.3) is 5.91 Å². The van der Waals surface area contributed by atoms with Crippen molar-refractivity contribution in [2.75, 3.05) is 7.11 Å². The Morgan fingerprint density at radius 3 is 2.67 bits per heavy atom. The lowest BCUT2D eigenvalue weighted by molar-refractivity contribution is -0.0163. The highest BCUT2D eigenvalue weighted by molar-refractivity contribution is 6.03. The zero-order valence-corrected chi connectivity index (χ0v) is 16.8. The minimum atomic E-state index is -0.999. The van der Waals surface area contributed by atoms with Gasteiger partial charge in [-0.25, -0.2) is 8.78 Å². The predicted molar refractivity (Wildman–Crippen MR) is 103 cm³/mol. The Morgan fingerprint density at radius 1 is 1.37 bits per heavy atom. The molecule has 1 aromatic heterocycles. The molecule has 7 nitrogen and oxygen atoms in total. The van der Waals surface area contributed by atoms with E-state index >= 15 is 0 Å². The number of nitrogens with one attached hydrogen (secondary N) is 1. The number of amides is 1. The van der Waals surface area contributed by atoms with E-state index in [4.69, 9.17) is 4.74 Å². The summed E-state index contributed by atoms with van der Waals surface area (Å²) in [5.74, 6) is -3.71. The normalized spacial score (nSPS) is 20.7. The topological polar surface area (TPSA) is 97.6 Å². The zero-order chi connectivity index (χ0) is 22.2. The van der Waals surface area contributed by atoms with Crippen molar-refractivity contribution in [1.29, 1.82) is 0 Å². The number of carbonyl (C=O) groups is 2. The van der Waals surface area contributed by atoms with Crippen LogP contribution in [-0.4, -0.2) is 34.6 Å². The molecule has 0 unspecified atom stereocenters. The van der Waals surface area contributed by atoms with E-state index in [2.05, 4.69) is 5.32 Å². The molecule has 0 saturated carbocycles. The molecule has 2 N–H and O–H groups in total. The molecule has 9 heteroatoms. The number of methoxy groups -OCH3 is 1. The van der Waals surface area contributed by atoms with Crippen LogP contribution in [0.25, 0.3) is 0 Å². The Bertz CT molecular complexity index is 1080. The number of benzene rings is 1. The van der Waals surface area contributed by atoms with Gasteiger partial charge in [0.1, 0.15) is 22.9 Å². The maximum absolute atomic E-state index is 13.8. The molecule has 0 bridgehead atoms. The first-order valence-corrected chi connectivity index (χ1v) is 9.40. The number of pyridine rings is 1. The monoisotopic (exact) mass is 420 g/mol. The largest absolute Gasteiger partial charge is 0.503 e. The summed E-state index contributed by atoms with van der Waals surface area (Å²) >= 11 is 0. The molecule has 2 atom stereocenters. The number of ketones is 1. The average molecular weight is 420 g/mol. The number of nitrogens with zero attached hydrogens (tertiary/aromatic N) is 1. The second-order valence-electron chi connectivity index (χ2n) is 7.46. The molecule has 2 aromatic rings. The number of hydrogen-bond donors (Lipinski definition) is 2. The van der Waals surface area contributed by atoms with Gasteiger partial charge in [0.05, 0.1) is 18.1 Å². The fourth-order valence-corrected chi connectivity index (χ4v) is 3.65. The molecule has 1 amide bonds. The molecule has 1 aliphatic heterocycles. The van der Waals surface area contributed by atoms with Gasteiger partial charge in [-0.2, -0.15) is 0 Å². The fraction of sp³-hybridized carbons (Fsp3) is 0.381. The smallest absolute Gasteiger partial charge is 0.257 e. The first-order valence-electron chi connectivity index (χ1n) is 9.40. The molecule has 0 aliphatic carbocycles. The third-order valence-corrected chi connectivity index (χ3v) is 5.78. The number of halogens is 2. The number of ether oxygens (including phenoxy) is 1. The van der Waals surface area contributed by atoms with Crippen molar-refractivity contribution >= 4 is 11.7 Å². The Balaban J connectivity index is 1.95. The Morgan fingerprint density at radius 2 is 2.07 bits per heavy atom. The lowest BCUT2D eigenvalue weighted by Crippen LogP contribution is -2.49. The summed E-state index contributed by atoms with van der Waals surface area (Å²) in [7, 11) is 1.46. The molecule has 1 aliphatic rings. The molecule has 0 fully saturated rings. The standard InChI is InChI=1S/C21H22F2N2O5/c1-4-21(2)15(30-3)10-25-9-13(17(26)18(27)16(25)19(21)28)20(29)24-8-11-5-6-12(22)7-14(11)23/h5-7,9,15,27H,4,8,10H2,1-3H3,(H,24,29)/t15-,21-/m0/s1. The highest BCUT2D eigenvalue weighted by atomic mass is 19.1. The van der Waals surface area contributed by atoms with Crippen LogP contribution >= 0.6 is 0 Å². The Kier molecular flexibility index (Phi) is 5.76. The van der Waals surface area contributed by atoms with Crippen LogP contribution in [0.5, 0.6) is 5.75 Å². The highest BCUT2D eigenvalue weighted by Crippen LogP contribution is 2.38. The second-order valence-corrected chi connectivity index (χ2v) is 7.46. The van der Waals surface area contributed by atoms with Crippen LogP contribution in [0.2, 0.25) is 0 Å². The van der Waals surface area contributed by atoms with Crippen LogP contribution in [0, 0.1) is 17.0 Å². The molecule has 1 aromatic carbocycles. The van der Waals surface area contributed by atoms with Crippen molar-refractivity contribution in [2.45, 2.75) is 39.5 Å². The van der Waals surface area contributed by atoms with E-state index in [1.54, 1.807) is 6.92 Å². The van der Waals surface area contributed by atoms with Crippen LogP contribution in [-0.2, 0) is 17.8 Å². The summed E-state index contributed by atoms with van der Waals surface area (Å²) in [6, 6.07) is 2.91. The Labute approximate surface area is 171 Å². The van der Waals surface area contributed by atoms with E-state index < -0.39 is 51.6 Å². The fourth-order valence-electron chi connectivity index (χ4n) is 3.65. The quantitative estimate of drug-likeness (QED) is 0.774. The maximum atomic E-state index is 13.8. The van der Waals surface area contributed by atoms with Gasteiger partial charge in [0, 0.05) is 31.5 Å². The number of aromatic nitrogens is 1. The molecular formula is C21H22F2N2O5. The zero-order valence-electron chi connectivity index (χ0n) is 16.8. The molecule has 30 heavy (non-hydrogen) atoms. The number of aromatic hydroxyl groups is 1. The summed E-state index contributed by atoms with van der Waals surface area (Å²) in [5.41, 5.74) is -2.47. The van der Waals surface area contributed by atoms with Crippen LogP contribution < -0.4 is 10.7 Å². The molecule has 160 valence electrons. The molecule has 0 saturated heterocycles. The second kappa shape index (κ2) is 7.98. The number of carbonyl (C=O) groups excluding carboxylic acids is 2. The first-order chi connectivity index (χ1) is 14.1. The van der Waals surface area contributed by atoms with E-state index in [1.807, 2.05) is 6.92 Å². The lowest BCUT2D eigenvalue weighted by Gasteiger charge is -2.40. The first kappa shape index (κ1) is 21.6. The summed E-state index contributed by atoms with van der Waals surface area (Å²) in [5, 5.41) is 12.8. The third kappa shape index (κ3) is 3.49. The summed E-state index contributed by atoms with van der Waals surface area (Å²) in [6.45, 7) is 3.38.